The summed E-state index contributed by atoms with van der Waals surface area (Å²) < 4.78 is 108. The fraction of sp³-hybridized carbons (Fsp3) is 0.207. The first-order valence-corrected chi connectivity index (χ1v) is 12.6. The Kier molecular flexibility index (Phi) is 8.32. The van der Waals surface area contributed by atoms with Gasteiger partial charge in [-0.05, 0) is 48.9 Å². The van der Waals surface area contributed by atoms with Crippen molar-refractivity contribution in [1.82, 2.24) is 5.32 Å². The van der Waals surface area contributed by atoms with Crippen molar-refractivity contribution in [3.8, 4) is 0 Å². The summed E-state index contributed by atoms with van der Waals surface area (Å²) in [5.41, 5.74) is 6.03. The molecule has 4 nitrogen and oxygen atoms in total. The molecule has 42 heavy (non-hydrogen) atoms. The summed E-state index contributed by atoms with van der Waals surface area (Å²) in [5.74, 6) is -1.79. The van der Waals surface area contributed by atoms with Crippen molar-refractivity contribution in [3.63, 3.8) is 0 Å². The highest BCUT2D eigenvalue weighted by Crippen LogP contribution is 2.47. The van der Waals surface area contributed by atoms with E-state index in [0.717, 1.165) is 18.2 Å². The molecule has 4 N–H and O–H groups in total. The van der Waals surface area contributed by atoms with Gasteiger partial charge in [0.25, 0.3) is 0 Å². The summed E-state index contributed by atoms with van der Waals surface area (Å²) >= 11 is 6.37. The minimum Gasteiger partial charge on any atom is -0.398 e. The second kappa shape index (κ2) is 11.3. The molecule has 222 valence electrons. The van der Waals surface area contributed by atoms with Crippen LogP contribution in [0.15, 0.2) is 60.6 Å². The first kappa shape index (κ1) is 30.9. The normalized spacial score (nSPS) is 15.4. The van der Waals surface area contributed by atoms with Gasteiger partial charge in [-0.15, -0.1) is 0 Å². The molecule has 0 saturated heterocycles. The number of anilines is 2. The predicted molar refractivity (Wildman–Crippen MR) is 148 cm³/mol. The minimum absolute atomic E-state index is 0.00793. The monoisotopic (exact) mass is 614 g/mol. The lowest BCUT2D eigenvalue weighted by molar-refractivity contribution is -0.137. The highest BCUT2D eigenvalue weighted by Gasteiger charge is 2.36. The van der Waals surface area contributed by atoms with Crippen LogP contribution in [0.5, 0.6) is 0 Å². The van der Waals surface area contributed by atoms with Crippen LogP contribution in [0.3, 0.4) is 0 Å². The van der Waals surface area contributed by atoms with Crippen LogP contribution in [0.1, 0.15) is 52.3 Å². The van der Waals surface area contributed by atoms with E-state index >= 15 is 0 Å². The van der Waals surface area contributed by atoms with Crippen molar-refractivity contribution in [1.29, 1.82) is 0 Å². The molecule has 1 aliphatic rings. The van der Waals surface area contributed by atoms with Crippen molar-refractivity contribution in [2.24, 2.45) is 4.99 Å². The summed E-state index contributed by atoms with van der Waals surface area (Å²) in [7, 11) is 1.29. The Balaban J connectivity index is 1.91. The summed E-state index contributed by atoms with van der Waals surface area (Å²) in [4.78, 5) is 4.00. The average Bonchev–Trinajstić information content (AvgIpc) is 3.24. The predicted octanol–water partition coefficient (Wildman–Crippen LogP) is 8.73. The number of benzene rings is 3. The van der Waals surface area contributed by atoms with Crippen LogP contribution in [0.4, 0.5) is 46.5 Å². The standard InChI is InChI=1S/C29H23ClF8N4/c1-13(15-8-16(29(36,37)38)10-18(32)9-15)41-23-12-20(22(40-3)6-7-28(33,34)35)26(39)24-14(2)42-27(25(23)24)19-11-17(31)4-5-21(19)30/h4-5,8-12,27,41-42H,1-2,6-7,39H2,3H3. The van der Waals surface area contributed by atoms with Crippen LogP contribution >= 0.6 is 11.6 Å². The van der Waals surface area contributed by atoms with Crippen LogP contribution < -0.4 is 16.4 Å². The van der Waals surface area contributed by atoms with Crippen LogP contribution in [0.2, 0.25) is 5.02 Å². The number of nitrogens with zero attached hydrogens (tertiary/aromatic N) is 1. The molecular weight excluding hydrogens is 592 g/mol. The Morgan fingerprint density at radius 3 is 2.36 bits per heavy atom. The third-order valence-corrected chi connectivity index (χ3v) is 7.02. The van der Waals surface area contributed by atoms with Gasteiger partial charge in [0.2, 0.25) is 0 Å². The molecular formula is C29H23ClF8N4. The van der Waals surface area contributed by atoms with Crippen molar-refractivity contribution in [2.45, 2.75) is 31.2 Å². The lowest BCUT2D eigenvalue weighted by atomic mass is 9.90. The van der Waals surface area contributed by atoms with Crippen molar-refractivity contribution < 1.29 is 35.1 Å². The van der Waals surface area contributed by atoms with Gasteiger partial charge < -0.3 is 16.4 Å². The Morgan fingerprint density at radius 2 is 1.74 bits per heavy atom. The molecule has 0 radical (unpaired) electrons. The van der Waals surface area contributed by atoms with Gasteiger partial charge in [-0.3, -0.25) is 4.99 Å². The van der Waals surface area contributed by atoms with Crippen molar-refractivity contribution >= 4 is 40.1 Å². The molecule has 1 unspecified atom stereocenters. The maximum absolute atomic E-state index is 14.3. The summed E-state index contributed by atoms with van der Waals surface area (Å²) in [6.45, 7) is 7.71. The molecule has 0 fully saturated rings. The second-order valence-corrected chi connectivity index (χ2v) is 9.92. The average molecular weight is 615 g/mol. The molecule has 3 aromatic rings. The zero-order valence-electron chi connectivity index (χ0n) is 21.9. The first-order chi connectivity index (χ1) is 19.5. The zero-order valence-corrected chi connectivity index (χ0v) is 22.6. The van der Waals surface area contributed by atoms with Gasteiger partial charge in [0.1, 0.15) is 11.6 Å². The van der Waals surface area contributed by atoms with E-state index in [2.05, 4.69) is 28.8 Å². The van der Waals surface area contributed by atoms with Gasteiger partial charge in [-0.1, -0.05) is 24.8 Å². The third kappa shape index (κ3) is 6.38. The van der Waals surface area contributed by atoms with Crippen LogP contribution in [-0.4, -0.2) is 18.9 Å². The number of aliphatic imine (C=N–C) groups is 1. The molecule has 1 aliphatic heterocycles. The second-order valence-electron chi connectivity index (χ2n) is 9.51. The number of fused-ring (bicyclic) bond motifs is 1. The van der Waals surface area contributed by atoms with Gasteiger partial charge in [0, 0.05) is 69.1 Å². The Morgan fingerprint density at radius 1 is 1.05 bits per heavy atom. The Bertz CT molecular complexity index is 1610. The summed E-state index contributed by atoms with van der Waals surface area (Å²) in [6.07, 6.45) is -11.1. The zero-order chi connectivity index (χ0) is 31.1. The molecule has 0 aliphatic carbocycles. The number of alkyl halides is 6. The number of halogens is 9. The van der Waals surface area contributed by atoms with Crippen molar-refractivity contribution in [2.75, 3.05) is 18.1 Å². The number of hydrogen-bond donors (Lipinski definition) is 3. The van der Waals surface area contributed by atoms with E-state index in [4.69, 9.17) is 17.3 Å². The lowest BCUT2D eigenvalue weighted by Gasteiger charge is -2.22. The molecule has 0 bridgehead atoms. The maximum atomic E-state index is 14.3. The Hall–Kier alpha value is -4.06. The van der Waals surface area contributed by atoms with Gasteiger partial charge in [0.15, 0.2) is 0 Å². The van der Waals surface area contributed by atoms with Gasteiger partial charge in [0.05, 0.1) is 17.3 Å². The molecule has 1 atom stereocenters. The molecule has 4 rings (SSSR count). The number of nitrogens with two attached hydrogens (primary N) is 1. The number of nitrogen functional groups attached to an aromatic ring is 1. The highest BCUT2D eigenvalue weighted by molar-refractivity contribution is 6.31. The van der Waals surface area contributed by atoms with Gasteiger partial charge in [-0.25, -0.2) is 8.78 Å². The van der Waals surface area contributed by atoms with Crippen molar-refractivity contribution in [3.05, 3.63) is 106 Å². The largest absolute Gasteiger partial charge is 0.416 e. The summed E-state index contributed by atoms with van der Waals surface area (Å²) in [6, 6.07) is 5.96. The van der Waals surface area contributed by atoms with E-state index in [1.54, 1.807) is 0 Å². The molecule has 0 aromatic heterocycles. The number of hydrogen-bond acceptors (Lipinski definition) is 4. The number of rotatable bonds is 7. The van der Waals surface area contributed by atoms with Crippen LogP contribution in [0, 0.1) is 11.6 Å². The smallest absolute Gasteiger partial charge is 0.398 e. The summed E-state index contributed by atoms with van der Waals surface area (Å²) in [5, 5.41) is 6.07. The van der Waals surface area contributed by atoms with Gasteiger partial charge in [-0.2, -0.15) is 26.3 Å². The fourth-order valence-electron chi connectivity index (χ4n) is 4.76. The van der Waals surface area contributed by atoms with E-state index in [9.17, 15) is 35.1 Å². The van der Waals surface area contributed by atoms with Crippen LogP contribution in [-0.2, 0) is 6.18 Å². The maximum Gasteiger partial charge on any atom is 0.416 e. The molecule has 3 aromatic carbocycles. The van der Waals surface area contributed by atoms with E-state index in [1.807, 2.05) is 0 Å². The molecule has 0 amide bonds. The molecule has 0 saturated carbocycles. The molecule has 0 spiro atoms. The molecule has 1 heterocycles. The van der Waals surface area contributed by atoms with E-state index < -0.39 is 48.4 Å². The molecule has 13 heteroatoms. The SMILES string of the molecule is C=C(Nc1cc(C(CCC(F)(F)F)=NC)c(N)c2c1C(c1cc(F)ccc1Cl)NC2=C)c1cc(F)cc(C(F)(F)F)c1. The van der Waals surface area contributed by atoms with E-state index in [1.165, 1.54) is 19.2 Å². The quantitative estimate of drug-likeness (QED) is 0.142. The fourth-order valence-corrected chi connectivity index (χ4v) is 4.99. The number of nitrogens with one attached hydrogen (secondary N) is 2. The first-order valence-electron chi connectivity index (χ1n) is 12.2. The van der Waals surface area contributed by atoms with E-state index in [-0.39, 0.29) is 55.8 Å². The topological polar surface area (TPSA) is 62.4 Å². The highest BCUT2D eigenvalue weighted by atomic mass is 35.5. The van der Waals surface area contributed by atoms with E-state index in [0.29, 0.717) is 17.7 Å². The van der Waals surface area contributed by atoms with Gasteiger partial charge >= 0.3 is 12.4 Å². The Labute approximate surface area is 240 Å². The third-order valence-electron chi connectivity index (χ3n) is 6.67. The lowest BCUT2D eigenvalue weighted by Crippen LogP contribution is -2.16. The minimum atomic E-state index is -4.85. The van der Waals surface area contributed by atoms with Crippen LogP contribution in [0.25, 0.3) is 11.4 Å².